The summed E-state index contributed by atoms with van der Waals surface area (Å²) in [4.78, 5) is 11.2. The van der Waals surface area contributed by atoms with Gasteiger partial charge in [0.2, 0.25) is 0 Å². The Labute approximate surface area is 111 Å². The zero-order valence-electron chi connectivity index (χ0n) is 11.9. The Bertz CT molecular complexity index is 336. The standard InChI is InChI=1S/C16H26O2/c1-5-11(2)13-8-9-14-15(18-12(3)17)7-6-10-16(13,14)4/h5,11,13-15H,1,6-10H2,2-4H3/t11?,13?,14?,15-,16+/m0/s1. The van der Waals surface area contributed by atoms with E-state index in [0.717, 1.165) is 6.42 Å². The molecule has 0 aliphatic heterocycles. The Balaban J connectivity index is 2.17. The van der Waals surface area contributed by atoms with E-state index in [1.54, 1.807) is 0 Å². The van der Waals surface area contributed by atoms with Gasteiger partial charge in [-0.15, -0.1) is 6.58 Å². The molecule has 18 heavy (non-hydrogen) atoms. The summed E-state index contributed by atoms with van der Waals surface area (Å²) in [5.74, 6) is 1.71. The molecular weight excluding hydrogens is 224 g/mol. The first-order valence-corrected chi connectivity index (χ1v) is 7.29. The second-order valence-electron chi connectivity index (χ2n) is 6.43. The molecule has 2 nitrogen and oxygen atoms in total. The van der Waals surface area contributed by atoms with Crippen LogP contribution >= 0.6 is 0 Å². The molecule has 2 fully saturated rings. The molecule has 102 valence electrons. The molecule has 2 aliphatic rings. The number of hydrogen-bond acceptors (Lipinski definition) is 2. The summed E-state index contributed by atoms with van der Waals surface area (Å²) in [7, 11) is 0. The summed E-state index contributed by atoms with van der Waals surface area (Å²) in [6, 6.07) is 0. The fourth-order valence-electron chi connectivity index (χ4n) is 4.54. The number of carbonyl (C=O) groups excluding carboxylic acids is 1. The zero-order valence-corrected chi connectivity index (χ0v) is 11.9. The van der Waals surface area contributed by atoms with E-state index in [-0.39, 0.29) is 12.1 Å². The van der Waals surface area contributed by atoms with E-state index >= 15 is 0 Å². The Morgan fingerprint density at radius 3 is 2.78 bits per heavy atom. The molecule has 0 saturated heterocycles. The number of allylic oxidation sites excluding steroid dienone is 1. The molecule has 2 rings (SSSR count). The third-order valence-corrected chi connectivity index (χ3v) is 5.46. The number of esters is 1. The van der Waals surface area contributed by atoms with Gasteiger partial charge in [0.1, 0.15) is 6.10 Å². The normalized spacial score (nSPS) is 40.9. The van der Waals surface area contributed by atoms with E-state index in [1.165, 1.54) is 32.6 Å². The molecule has 3 unspecified atom stereocenters. The quantitative estimate of drug-likeness (QED) is 0.560. The van der Waals surface area contributed by atoms with Crippen LogP contribution in [-0.4, -0.2) is 12.1 Å². The zero-order chi connectivity index (χ0) is 13.3. The molecule has 0 aromatic carbocycles. The van der Waals surface area contributed by atoms with E-state index in [2.05, 4.69) is 26.5 Å². The second kappa shape index (κ2) is 5.07. The molecule has 0 heterocycles. The maximum absolute atomic E-state index is 11.2. The van der Waals surface area contributed by atoms with Crippen LogP contribution in [0.25, 0.3) is 0 Å². The lowest BCUT2D eigenvalue weighted by atomic mass is 9.62. The molecule has 2 aliphatic carbocycles. The van der Waals surface area contributed by atoms with Crippen molar-refractivity contribution >= 4 is 5.97 Å². The third-order valence-electron chi connectivity index (χ3n) is 5.46. The number of hydrogen-bond donors (Lipinski definition) is 0. The Morgan fingerprint density at radius 2 is 2.17 bits per heavy atom. The van der Waals surface area contributed by atoms with E-state index in [0.29, 0.717) is 23.2 Å². The van der Waals surface area contributed by atoms with E-state index in [1.807, 2.05) is 0 Å². The SMILES string of the molecule is C=CC(C)C1CCC2[C@@H](OC(C)=O)CCC[C@]12C. The van der Waals surface area contributed by atoms with Crippen molar-refractivity contribution in [3.8, 4) is 0 Å². The average molecular weight is 250 g/mol. The van der Waals surface area contributed by atoms with Crippen molar-refractivity contribution < 1.29 is 9.53 Å². The van der Waals surface area contributed by atoms with Gasteiger partial charge in [0, 0.05) is 12.8 Å². The van der Waals surface area contributed by atoms with Gasteiger partial charge in [0.25, 0.3) is 0 Å². The predicted octanol–water partition coefficient (Wildman–Crippen LogP) is 3.96. The largest absolute Gasteiger partial charge is 0.462 e. The molecule has 0 amide bonds. The van der Waals surface area contributed by atoms with Gasteiger partial charge in [-0.3, -0.25) is 4.79 Å². The van der Waals surface area contributed by atoms with Crippen molar-refractivity contribution in [2.45, 2.75) is 59.0 Å². The molecule has 0 N–H and O–H groups in total. The molecule has 0 radical (unpaired) electrons. The van der Waals surface area contributed by atoms with Crippen molar-refractivity contribution in [3.63, 3.8) is 0 Å². The van der Waals surface area contributed by atoms with Gasteiger partial charge in [0.05, 0.1) is 0 Å². The predicted molar refractivity (Wildman–Crippen MR) is 73.1 cm³/mol. The lowest BCUT2D eigenvalue weighted by Gasteiger charge is -2.45. The molecule has 0 aromatic rings. The minimum atomic E-state index is -0.121. The van der Waals surface area contributed by atoms with Crippen molar-refractivity contribution in [1.29, 1.82) is 0 Å². The first-order valence-electron chi connectivity index (χ1n) is 7.29. The average Bonchev–Trinajstić information content (AvgIpc) is 2.66. The highest BCUT2D eigenvalue weighted by molar-refractivity contribution is 5.66. The van der Waals surface area contributed by atoms with Crippen molar-refractivity contribution in [3.05, 3.63) is 12.7 Å². The third kappa shape index (κ3) is 2.22. The molecule has 0 spiro atoms. The van der Waals surface area contributed by atoms with Crippen molar-refractivity contribution in [2.24, 2.45) is 23.2 Å². The number of rotatable bonds is 3. The van der Waals surface area contributed by atoms with E-state index in [4.69, 9.17) is 4.74 Å². The molecule has 2 saturated carbocycles. The van der Waals surface area contributed by atoms with Crippen LogP contribution in [0.15, 0.2) is 12.7 Å². The summed E-state index contributed by atoms with van der Waals surface area (Å²) in [6.07, 6.45) is 8.22. The molecule has 5 atom stereocenters. The summed E-state index contributed by atoms with van der Waals surface area (Å²) in [5.41, 5.74) is 0.339. The van der Waals surface area contributed by atoms with Crippen molar-refractivity contribution in [1.82, 2.24) is 0 Å². The number of carbonyl (C=O) groups is 1. The fraction of sp³-hybridized carbons (Fsp3) is 0.812. The maximum atomic E-state index is 11.2. The van der Waals surface area contributed by atoms with Gasteiger partial charge < -0.3 is 4.74 Å². The van der Waals surface area contributed by atoms with Crippen LogP contribution in [0.3, 0.4) is 0 Å². The first-order chi connectivity index (χ1) is 8.49. The van der Waals surface area contributed by atoms with E-state index < -0.39 is 0 Å². The van der Waals surface area contributed by atoms with Gasteiger partial charge in [0.15, 0.2) is 0 Å². The van der Waals surface area contributed by atoms with Gasteiger partial charge in [-0.05, 0) is 49.4 Å². The molecule has 2 heteroatoms. The summed E-state index contributed by atoms with van der Waals surface area (Å²) >= 11 is 0. The number of fused-ring (bicyclic) bond motifs is 1. The topological polar surface area (TPSA) is 26.3 Å². The summed E-state index contributed by atoms with van der Waals surface area (Å²) in [6.45, 7) is 10.2. The van der Waals surface area contributed by atoms with Crippen molar-refractivity contribution in [2.75, 3.05) is 0 Å². The first kappa shape index (κ1) is 13.6. The minimum Gasteiger partial charge on any atom is -0.462 e. The Hall–Kier alpha value is -0.790. The summed E-state index contributed by atoms with van der Waals surface area (Å²) < 4.78 is 5.57. The van der Waals surface area contributed by atoms with Crippen LogP contribution in [0.5, 0.6) is 0 Å². The van der Waals surface area contributed by atoms with Crippen LogP contribution in [0, 0.1) is 23.2 Å². The monoisotopic (exact) mass is 250 g/mol. The van der Waals surface area contributed by atoms with Gasteiger partial charge in [-0.1, -0.05) is 19.9 Å². The Morgan fingerprint density at radius 1 is 1.44 bits per heavy atom. The van der Waals surface area contributed by atoms with Crippen LogP contribution < -0.4 is 0 Å². The number of ether oxygens (including phenoxy) is 1. The Kier molecular flexibility index (Phi) is 3.84. The highest BCUT2D eigenvalue weighted by atomic mass is 16.5. The van der Waals surface area contributed by atoms with E-state index in [9.17, 15) is 4.79 Å². The van der Waals surface area contributed by atoms with Crippen LogP contribution in [0.4, 0.5) is 0 Å². The lowest BCUT2D eigenvalue weighted by Crippen LogP contribution is -2.42. The minimum absolute atomic E-state index is 0.121. The second-order valence-corrected chi connectivity index (χ2v) is 6.43. The van der Waals surface area contributed by atoms with Crippen LogP contribution in [-0.2, 0) is 9.53 Å². The summed E-state index contributed by atoms with van der Waals surface area (Å²) in [5, 5.41) is 0. The highest BCUT2D eigenvalue weighted by Gasteiger charge is 2.53. The molecule has 0 bridgehead atoms. The molecule has 0 aromatic heterocycles. The maximum Gasteiger partial charge on any atom is 0.302 e. The lowest BCUT2D eigenvalue weighted by molar-refractivity contribution is -0.155. The highest BCUT2D eigenvalue weighted by Crippen LogP contribution is 2.58. The smallest absolute Gasteiger partial charge is 0.302 e. The van der Waals surface area contributed by atoms with Gasteiger partial charge in [-0.25, -0.2) is 0 Å². The van der Waals surface area contributed by atoms with Gasteiger partial charge in [-0.2, -0.15) is 0 Å². The van der Waals surface area contributed by atoms with Crippen LogP contribution in [0.2, 0.25) is 0 Å². The van der Waals surface area contributed by atoms with Crippen LogP contribution in [0.1, 0.15) is 52.9 Å². The molecular formula is C16H26O2. The fourth-order valence-corrected chi connectivity index (χ4v) is 4.54. The van der Waals surface area contributed by atoms with Gasteiger partial charge >= 0.3 is 5.97 Å².